The second-order valence-electron chi connectivity index (χ2n) is 4.25. The summed E-state index contributed by atoms with van der Waals surface area (Å²) in [6.45, 7) is 0.292. The third-order valence-corrected chi connectivity index (χ3v) is 4.53. The van der Waals surface area contributed by atoms with E-state index in [4.69, 9.17) is 16.7 Å². The zero-order chi connectivity index (χ0) is 15.0. The van der Waals surface area contributed by atoms with E-state index >= 15 is 0 Å². The van der Waals surface area contributed by atoms with E-state index in [9.17, 15) is 13.2 Å². The van der Waals surface area contributed by atoms with Crippen molar-refractivity contribution < 1.29 is 18.3 Å². The maximum absolute atomic E-state index is 11.9. The van der Waals surface area contributed by atoms with Crippen LogP contribution in [0.4, 0.5) is 0 Å². The predicted octanol–water partition coefficient (Wildman–Crippen LogP) is 2.05. The standard InChI is InChI=1S/C12H17ClN2O4S/c13-12-10(6-5-8-14-12)20(18,19)15-9-4-2-1-3-7-11(16)17/h5-6,8,15H,1-4,7,9H2,(H,16,17). The summed E-state index contributed by atoms with van der Waals surface area (Å²) in [4.78, 5) is 14.0. The van der Waals surface area contributed by atoms with Gasteiger partial charge in [-0.2, -0.15) is 0 Å². The third kappa shape index (κ3) is 5.85. The first-order chi connectivity index (χ1) is 9.43. The van der Waals surface area contributed by atoms with E-state index in [2.05, 4.69) is 9.71 Å². The number of aromatic nitrogens is 1. The van der Waals surface area contributed by atoms with Gasteiger partial charge in [0.15, 0.2) is 0 Å². The summed E-state index contributed by atoms with van der Waals surface area (Å²) in [6, 6.07) is 2.90. The largest absolute Gasteiger partial charge is 0.481 e. The molecule has 0 aliphatic carbocycles. The van der Waals surface area contributed by atoms with Gasteiger partial charge >= 0.3 is 5.97 Å². The van der Waals surface area contributed by atoms with Crippen molar-refractivity contribution in [2.75, 3.05) is 6.54 Å². The van der Waals surface area contributed by atoms with Gasteiger partial charge < -0.3 is 5.11 Å². The Kier molecular flexibility index (Phi) is 6.90. The first-order valence-electron chi connectivity index (χ1n) is 6.25. The lowest BCUT2D eigenvalue weighted by molar-refractivity contribution is -0.137. The molecule has 0 aliphatic heterocycles. The molecule has 0 saturated heterocycles. The number of nitrogens with one attached hydrogen (secondary N) is 1. The maximum atomic E-state index is 11.9. The number of hydrogen-bond acceptors (Lipinski definition) is 4. The fraction of sp³-hybridized carbons (Fsp3) is 0.500. The number of aliphatic carboxylic acids is 1. The molecule has 0 atom stereocenters. The highest BCUT2D eigenvalue weighted by molar-refractivity contribution is 7.89. The molecule has 0 aromatic carbocycles. The quantitative estimate of drug-likeness (QED) is 0.536. The average Bonchev–Trinajstić information content (AvgIpc) is 2.37. The highest BCUT2D eigenvalue weighted by atomic mass is 35.5. The highest BCUT2D eigenvalue weighted by Crippen LogP contribution is 2.17. The number of hydrogen-bond donors (Lipinski definition) is 2. The Hall–Kier alpha value is -1.18. The lowest BCUT2D eigenvalue weighted by atomic mass is 10.1. The zero-order valence-corrected chi connectivity index (χ0v) is 12.5. The molecule has 0 amide bonds. The molecule has 1 aromatic heterocycles. The monoisotopic (exact) mass is 320 g/mol. The molecule has 1 aromatic rings. The number of carbonyl (C=O) groups is 1. The number of pyridine rings is 1. The summed E-state index contributed by atoms with van der Waals surface area (Å²) < 4.78 is 26.3. The predicted molar refractivity (Wildman–Crippen MR) is 75.2 cm³/mol. The van der Waals surface area contributed by atoms with Gasteiger partial charge in [-0.15, -0.1) is 0 Å². The molecule has 0 fully saturated rings. The molecule has 112 valence electrons. The minimum Gasteiger partial charge on any atom is -0.481 e. The molecular weight excluding hydrogens is 304 g/mol. The van der Waals surface area contributed by atoms with Crippen molar-refractivity contribution in [3.05, 3.63) is 23.5 Å². The van der Waals surface area contributed by atoms with Crippen molar-refractivity contribution in [1.29, 1.82) is 0 Å². The molecule has 0 radical (unpaired) electrons. The Morgan fingerprint density at radius 3 is 2.65 bits per heavy atom. The van der Waals surface area contributed by atoms with Crippen LogP contribution in [0.1, 0.15) is 32.1 Å². The van der Waals surface area contributed by atoms with Gasteiger partial charge in [-0.1, -0.05) is 24.4 Å². The van der Waals surface area contributed by atoms with Crippen molar-refractivity contribution in [1.82, 2.24) is 9.71 Å². The SMILES string of the molecule is O=C(O)CCCCCCNS(=O)(=O)c1cccnc1Cl. The van der Waals surface area contributed by atoms with Crippen LogP contribution in [-0.2, 0) is 14.8 Å². The van der Waals surface area contributed by atoms with Gasteiger partial charge in [0.2, 0.25) is 10.0 Å². The Balaban J connectivity index is 2.31. The Bertz CT molecular complexity index is 548. The molecular formula is C12H17ClN2O4S. The number of carboxylic acid groups (broad SMARTS) is 1. The van der Waals surface area contributed by atoms with Gasteiger partial charge in [0.25, 0.3) is 0 Å². The minimum atomic E-state index is -3.64. The first-order valence-corrected chi connectivity index (χ1v) is 8.11. The molecule has 1 heterocycles. The molecule has 0 bridgehead atoms. The molecule has 20 heavy (non-hydrogen) atoms. The number of carboxylic acids is 1. The summed E-state index contributed by atoms with van der Waals surface area (Å²) in [6.07, 6.45) is 4.37. The van der Waals surface area contributed by atoms with Gasteiger partial charge in [0, 0.05) is 19.2 Å². The number of unbranched alkanes of at least 4 members (excludes halogenated alkanes) is 3. The van der Waals surface area contributed by atoms with Crippen LogP contribution in [0.25, 0.3) is 0 Å². The van der Waals surface area contributed by atoms with E-state index < -0.39 is 16.0 Å². The van der Waals surface area contributed by atoms with E-state index in [0.717, 1.165) is 12.8 Å². The van der Waals surface area contributed by atoms with Gasteiger partial charge in [-0.25, -0.2) is 18.1 Å². The van der Waals surface area contributed by atoms with Crippen LogP contribution >= 0.6 is 11.6 Å². The molecule has 0 spiro atoms. The molecule has 0 aliphatic rings. The average molecular weight is 321 g/mol. The summed E-state index contributed by atoms with van der Waals surface area (Å²) in [5, 5.41) is 8.41. The Labute approximate surface area is 123 Å². The summed E-state index contributed by atoms with van der Waals surface area (Å²) in [5.41, 5.74) is 0. The van der Waals surface area contributed by atoms with Gasteiger partial charge in [-0.05, 0) is 25.0 Å². The maximum Gasteiger partial charge on any atom is 0.303 e. The van der Waals surface area contributed by atoms with Crippen molar-refractivity contribution >= 4 is 27.6 Å². The van der Waals surface area contributed by atoms with E-state index in [1.807, 2.05) is 0 Å². The van der Waals surface area contributed by atoms with E-state index in [1.54, 1.807) is 0 Å². The van der Waals surface area contributed by atoms with Gasteiger partial charge in [0.1, 0.15) is 10.0 Å². The van der Waals surface area contributed by atoms with Crippen molar-refractivity contribution in [2.45, 2.75) is 37.0 Å². The van der Waals surface area contributed by atoms with Crippen molar-refractivity contribution in [3.8, 4) is 0 Å². The van der Waals surface area contributed by atoms with Crippen LogP contribution in [0.2, 0.25) is 5.15 Å². The van der Waals surface area contributed by atoms with E-state index in [0.29, 0.717) is 19.4 Å². The molecule has 0 unspecified atom stereocenters. The van der Waals surface area contributed by atoms with Crippen LogP contribution in [0.5, 0.6) is 0 Å². The molecule has 6 nitrogen and oxygen atoms in total. The summed E-state index contributed by atoms with van der Waals surface area (Å²) in [7, 11) is -3.64. The zero-order valence-electron chi connectivity index (χ0n) is 10.9. The molecule has 2 N–H and O–H groups in total. The molecule has 1 rings (SSSR count). The second-order valence-corrected chi connectivity index (χ2v) is 6.34. The lowest BCUT2D eigenvalue weighted by Crippen LogP contribution is -2.25. The number of rotatable bonds is 9. The topological polar surface area (TPSA) is 96.4 Å². The van der Waals surface area contributed by atoms with Crippen LogP contribution in [0, 0.1) is 0 Å². The molecule has 0 saturated carbocycles. The van der Waals surface area contributed by atoms with Crippen LogP contribution < -0.4 is 4.72 Å². The van der Waals surface area contributed by atoms with E-state index in [-0.39, 0.29) is 16.5 Å². The second kappa shape index (κ2) is 8.18. The summed E-state index contributed by atoms with van der Waals surface area (Å²) in [5.74, 6) is -0.808. The Morgan fingerprint density at radius 1 is 1.30 bits per heavy atom. The van der Waals surface area contributed by atoms with Gasteiger partial charge in [0.05, 0.1) is 0 Å². The normalized spacial score (nSPS) is 11.4. The van der Waals surface area contributed by atoms with Crippen LogP contribution in [0.15, 0.2) is 23.2 Å². The van der Waals surface area contributed by atoms with E-state index in [1.165, 1.54) is 18.3 Å². The van der Waals surface area contributed by atoms with Crippen LogP contribution in [0.3, 0.4) is 0 Å². The smallest absolute Gasteiger partial charge is 0.303 e. The highest BCUT2D eigenvalue weighted by Gasteiger charge is 2.17. The number of nitrogens with zero attached hydrogens (tertiary/aromatic N) is 1. The summed E-state index contributed by atoms with van der Waals surface area (Å²) >= 11 is 5.73. The number of sulfonamides is 1. The number of halogens is 1. The first kappa shape index (κ1) is 16.9. The van der Waals surface area contributed by atoms with Crippen molar-refractivity contribution in [3.63, 3.8) is 0 Å². The Morgan fingerprint density at radius 2 is 2.00 bits per heavy atom. The van der Waals surface area contributed by atoms with Crippen molar-refractivity contribution in [2.24, 2.45) is 0 Å². The van der Waals surface area contributed by atoms with Crippen LogP contribution in [-0.4, -0.2) is 31.0 Å². The van der Waals surface area contributed by atoms with Gasteiger partial charge in [-0.3, -0.25) is 4.79 Å². The fourth-order valence-electron chi connectivity index (χ4n) is 1.61. The minimum absolute atomic E-state index is 0.0347. The third-order valence-electron chi connectivity index (χ3n) is 2.62. The lowest BCUT2D eigenvalue weighted by Gasteiger charge is -2.07. The fourth-order valence-corrected chi connectivity index (χ4v) is 3.14. The molecule has 8 heteroatoms.